The summed E-state index contributed by atoms with van der Waals surface area (Å²) in [6.07, 6.45) is 0. The lowest BCUT2D eigenvalue weighted by Gasteiger charge is -2.33. The monoisotopic (exact) mass is 410 g/mol. The van der Waals surface area contributed by atoms with Crippen molar-refractivity contribution in [1.82, 2.24) is 4.72 Å². The van der Waals surface area contributed by atoms with Gasteiger partial charge in [-0.2, -0.15) is 9.98 Å². The van der Waals surface area contributed by atoms with Crippen LogP contribution in [0.15, 0.2) is 89.8 Å². The summed E-state index contributed by atoms with van der Waals surface area (Å²) in [4.78, 5) is -1.31. The summed E-state index contributed by atoms with van der Waals surface area (Å²) < 4.78 is 28.3. The van der Waals surface area contributed by atoms with Crippen molar-refractivity contribution in [1.29, 1.82) is 5.26 Å². The number of halogens is 1. The summed E-state index contributed by atoms with van der Waals surface area (Å²) in [5.41, 5.74) is 2.19. The summed E-state index contributed by atoms with van der Waals surface area (Å²) in [6.45, 7) is 1.87. The van der Waals surface area contributed by atoms with Gasteiger partial charge in [0.05, 0.1) is 11.0 Å². The number of nitriles is 1. The molecule has 0 amide bonds. The first-order valence-electron chi connectivity index (χ1n) is 8.66. The van der Waals surface area contributed by atoms with Crippen molar-refractivity contribution >= 4 is 21.6 Å². The Morgan fingerprint density at radius 1 is 0.893 bits per heavy atom. The van der Waals surface area contributed by atoms with E-state index < -0.39 is 20.9 Å². The zero-order chi connectivity index (χ0) is 20.2. The van der Waals surface area contributed by atoms with Crippen molar-refractivity contribution < 1.29 is 8.42 Å². The van der Waals surface area contributed by atoms with E-state index in [1.165, 1.54) is 12.1 Å². The molecule has 0 aliphatic rings. The number of hydrogen-bond acceptors (Lipinski definition) is 3. The number of nitrogens with one attached hydrogen (secondary N) is 1. The highest BCUT2D eigenvalue weighted by molar-refractivity contribution is 7.89. The van der Waals surface area contributed by atoms with Gasteiger partial charge in [0.1, 0.15) is 10.9 Å². The van der Waals surface area contributed by atoms with E-state index in [9.17, 15) is 13.7 Å². The lowest BCUT2D eigenvalue weighted by atomic mass is 9.85. The van der Waals surface area contributed by atoms with Crippen LogP contribution in [0.4, 0.5) is 0 Å². The number of sulfonamides is 1. The van der Waals surface area contributed by atoms with Gasteiger partial charge in [0, 0.05) is 0 Å². The van der Waals surface area contributed by atoms with Crippen LogP contribution in [0, 0.1) is 18.3 Å². The Morgan fingerprint density at radius 2 is 1.36 bits per heavy atom. The minimum atomic E-state index is -3.94. The zero-order valence-corrected chi connectivity index (χ0v) is 16.8. The van der Waals surface area contributed by atoms with E-state index in [4.69, 9.17) is 11.6 Å². The molecule has 0 fully saturated rings. The Morgan fingerprint density at radius 3 is 1.79 bits per heavy atom. The van der Waals surface area contributed by atoms with Gasteiger partial charge in [-0.1, -0.05) is 78.4 Å². The van der Waals surface area contributed by atoms with Crippen LogP contribution in [0.1, 0.15) is 16.7 Å². The molecule has 0 radical (unpaired) electrons. The molecule has 0 saturated carbocycles. The van der Waals surface area contributed by atoms with Crippen molar-refractivity contribution in [2.75, 3.05) is 0 Å². The average molecular weight is 411 g/mol. The third-order valence-electron chi connectivity index (χ3n) is 4.52. The maximum atomic E-state index is 12.9. The number of alkyl halides is 1. The van der Waals surface area contributed by atoms with E-state index in [0.29, 0.717) is 11.1 Å². The second-order valence-electron chi connectivity index (χ2n) is 6.44. The molecular weight excluding hydrogens is 392 g/mol. The van der Waals surface area contributed by atoms with Crippen LogP contribution in [0.25, 0.3) is 0 Å². The molecule has 0 saturated heterocycles. The summed E-state index contributed by atoms with van der Waals surface area (Å²) in [6, 6.07) is 25.3. The Balaban J connectivity index is 2.08. The van der Waals surface area contributed by atoms with Crippen molar-refractivity contribution in [3.63, 3.8) is 0 Å². The number of hydrogen-bond donors (Lipinski definition) is 1. The number of aryl methyl sites for hydroxylation is 1. The lowest BCUT2D eigenvalue weighted by Crippen LogP contribution is -2.47. The Hall–Kier alpha value is -2.65. The molecule has 142 valence electrons. The van der Waals surface area contributed by atoms with Gasteiger partial charge in [-0.15, -0.1) is 11.6 Å². The molecule has 4 nitrogen and oxygen atoms in total. The smallest absolute Gasteiger partial charge is 0.207 e. The molecule has 1 N–H and O–H groups in total. The number of benzene rings is 3. The fourth-order valence-electron chi connectivity index (χ4n) is 3.00. The second-order valence-corrected chi connectivity index (χ2v) is 8.75. The molecule has 1 atom stereocenters. The molecule has 0 bridgehead atoms. The van der Waals surface area contributed by atoms with Crippen molar-refractivity contribution in [3.05, 3.63) is 102 Å². The maximum Gasteiger partial charge on any atom is 0.241 e. The average Bonchev–Trinajstić information content (AvgIpc) is 2.73. The van der Waals surface area contributed by atoms with Crippen LogP contribution in [0.3, 0.4) is 0 Å². The quantitative estimate of drug-likeness (QED) is 0.614. The normalized spacial score (nSPS) is 12.9. The molecule has 3 aromatic rings. The summed E-state index contributed by atoms with van der Waals surface area (Å²) in [7, 11) is -3.94. The summed E-state index contributed by atoms with van der Waals surface area (Å²) in [5, 5.41) is 9.88. The largest absolute Gasteiger partial charge is 0.241 e. The molecule has 0 heterocycles. The minimum absolute atomic E-state index is 0.0819. The van der Waals surface area contributed by atoms with Crippen LogP contribution >= 0.6 is 11.6 Å². The molecule has 0 aliphatic carbocycles. The van der Waals surface area contributed by atoms with Crippen molar-refractivity contribution in [2.24, 2.45) is 0 Å². The van der Waals surface area contributed by atoms with Crippen LogP contribution < -0.4 is 4.72 Å². The fraction of sp³-hybridized carbons (Fsp3) is 0.136. The highest BCUT2D eigenvalue weighted by atomic mass is 35.5. The molecular formula is C22H19ClN2O2S. The number of rotatable bonds is 6. The Kier molecular flexibility index (Phi) is 5.85. The second kappa shape index (κ2) is 8.15. The maximum absolute atomic E-state index is 12.9. The van der Waals surface area contributed by atoms with Gasteiger partial charge in [0.25, 0.3) is 0 Å². The van der Waals surface area contributed by atoms with Gasteiger partial charge in [0.2, 0.25) is 10.0 Å². The molecule has 0 spiro atoms. The predicted molar refractivity (Wildman–Crippen MR) is 110 cm³/mol. The van der Waals surface area contributed by atoms with Crippen molar-refractivity contribution in [3.8, 4) is 6.07 Å². The van der Waals surface area contributed by atoms with E-state index in [1.54, 1.807) is 60.7 Å². The Labute approximate surface area is 170 Å². The highest BCUT2D eigenvalue weighted by Gasteiger charge is 2.43. The Bertz CT molecular complexity index is 1040. The van der Waals surface area contributed by atoms with Gasteiger partial charge in [-0.25, -0.2) is 8.42 Å². The minimum Gasteiger partial charge on any atom is -0.207 e. The molecule has 0 aromatic heterocycles. The first kappa shape index (κ1) is 20.1. The lowest BCUT2D eigenvalue weighted by molar-refractivity contribution is 0.543. The summed E-state index contributed by atoms with van der Waals surface area (Å²) in [5.74, 6) is 0. The van der Waals surface area contributed by atoms with E-state index in [1.807, 2.05) is 19.1 Å². The van der Waals surface area contributed by atoms with Crippen LogP contribution in [-0.4, -0.2) is 14.5 Å². The molecule has 0 aliphatic heterocycles. The van der Waals surface area contributed by atoms with Gasteiger partial charge in [-0.3, -0.25) is 0 Å². The van der Waals surface area contributed by atoms with Gasteiger partial charge in [-0.05, 0) is 30.2 Å². The fourth-order valence-corrected chi connectivity index (χ4v) is 4.59. The first-order chi connectivity index (χ1) is 13.4. The SMILES string of the molecule is Cc1ccc(S(=O)(=O)NC(C#N)C(Cl)(c2ccccc2)c2ccccc2)cc1. The highest BCUT2D eigenvalue weighted by Crippen LogP contribution is 2.40. The summed E-state index contributed by atoms with van der Waals surface area (Å²) >= 11 is 7.03. The van der Waals surface area contributed by atoms with E-state index >= 15 is 0 Å². The zero-order valence-electron chi connectivity index (χ0n) is 15.2. The van der Waals surface area contributed by atoms with E-state index in [-0.39, 0.29) is 4.90 Å². The molecule has 1 unspecified atom stereocenters. The van der Waals surface area contributed by atoms with Gasteiger partial charge in [0.15, 0.2) is 0 Å². The van der Waals surface area contributed by atoms with Crippen LogP contribution in [0.2, 0.25) is 0 Å². The molecule has 28 heavy (non-hydrogen) atoms. The first-order valence-corrected chi connectivity index (χ1v) is 10.5. The van der Waals surface area contributed by atoms with E-state index in [0.717, 1.165) is 5.56 Å². The third-order valence-corrected chi connectivity index (χ3v) is 6.61. The topological polar surface area (TPSA) is 70.0 Å². The molecule has 6 heteroatoms. The van der Waals surface area contributed by atoms with Crippen LogP contribution in [-0.2, 0) is 14.9 Å². The van der Waals surface area contributed by atoms with Gasteiger partial charge < -0.3 is 0 Å². The van der Waals surface area contributed by atoms with Crippen LogP contribution in [0.5, 0.6) is 0 Å². The van der Waals surface area contributed by atoms with Gasteiger partial charge >= 0.3 is 0 Å². The van der Waals surface area contributed by atoms with Crippen molar-refractivity contribution in [2.45, 2.75) is 22.7 Å². The number of nitrogens with zero attached hydrogens (tertiary/aromatic N) is 1. The van der Waals surface area contributed by atoms with E-state index in [2.05, 4.69) is 10.8 Å². The third kappa shape index (κ3) is 3.95. The molecule has 3 rings (SSSR count). The predicted octanol–water partition coefficient (Wildman–Crippen LogP) is 4.35. The molecule has 3 aromatic carbocycles. The standard InChI is InChI=1S/C22H19ClN2O2S/c1-17-12-14-20(15-13-17)28(26,27)25-21(16-24)22(23,18-8-4-2-5-9-18)19-10-6-3-7-11-19/h2-15,21,25H,1H3.